The Hall–Kier alpha value is -0.790. The molecular weight excluding hydrogens is 248 g/mol. The Bertz CT molecular complexity index is 246. The average Bonchev–Trinajstić information content (AvgIpc) is 2.43. The monoisotopic (exact) mass is 282 g/mol. The third-order valence-corrected chi connectivity index (χ3v) is 3.82. The first-order valence-corrected chi connectivity index (χ1v) is 8.56. The fourth-order valence-electron chi connectivity index (χ4n) is 2.29. The molecule has 0 aromatic heterocycles. The summed E-state index contributed by atoms with van der Waals surface area (Å²) in [4.78, 5) is 10.6. The number of hydrogen-bond acceptors (Lipinski definition) is 1. The van der Waals surface area contributed by atoms with E-state index in [1.807, 2.05) is 0 Å². The number of aliphatic carboxylic acids is 1. The summed E-state index contributed by atoms with van der Waals surface area (Å²) in [6, 6.07) is 0. The molecule has 2 nitrogen and oxygen atoms in total. The molecule has 0 aromatic rings. The summed E-state index contributed by atoms with van der Waals surface area (Å²) in [5.41, 5.74) is 0. The van der Waals surface area contributed by atoms with Crippen molar-refractivity contribution in [2.45, 2.75) is 90.9 Å². The highest BCUT2D eigenvalue weighted by Gasteiger charge is 2.09. The lowest BCUT2D eigenvalue weighted by molar-refractivity contribution is -0.141. The lowest BCUT2D eigenvalue weighted by Crippen LogP contribution is -2.08. The van der Waals surface area contributed by atoms with Crippen LogP contribution < -0.4 is 0 Å². The van der Waals surface area contributed by atoms with E-state index in [1.165, 1.54) is 64.2 Å². The van der Waals surface area contributed by atoms with Crippen LogP contribution in [-0.2, 0) is 4.79 Å². The van der Waals surface area contributed by atoms with E-state index < -0.39 is 5.97 Å². The first-order chi connectivity index (χ1) is 9.68. The quantitative estimate of drug-likeness (QED) is 0.315. The van der Waals surface area contributed by atoms with Gasteiger partial charge in [-0.15, -0.1) is 0 Å². The number of hydrogen-bond donors (Lipinski definition) is 1. The van der Waals surface area contributed by atoms with Crippen LogP contribution in [0.1, 0.15) is 90.9 Å². The molecule has 0 spiro atoms. The second-order valence-corrected chi connectivity index (χ2v) is 5.91. The van der Waals surface area contributed by atoms with Crippen LogP contribution in [-0.4, -0.2) is 11.1 Å². The molecule has 1 atom stereocenters. The van der Waals surface area contributed by atoms with E-state index >= 15 is 0 Å². The molecule has 0 amide bonds. The molecule has 0 saturated carbocycles. The largest absolute Gasteiger partial charge is 0.481 e. The molecule has 20 heavy (non-hydrogen) atoms. The molecule has 0 rings (SSSR count). The van der Waals surface area contributed by atoms with Crippen molar-refractivity contribution in [1.82, 2.24) is 0 Å². The van der Waals surface area contributed by atoms with Gasteiger partial charge in [-0.05, 0) is 32.1 Å². The van der Waals surface area contributed by atoms with Gasteiger partial charge in [0.25, 0.3) is 0 Å². The Labute approximate surface area is 125 Å². The second kappa shape index (κ2) is 14.6. The van der Waals surface area contributed by atoms with Crippen LogP contribution in [0.4, 0.5) is 0 Å². The van der Waals surface area contributed by atoms with E-state index in [0.717, 1.165) is 12.8 Å². The maximum Gasteiger partial charge on any atom is 0.306 e. The Kier molecular flexibility index (Phi) is 14.0. The summed E-state index contributed by atoms with van der Waals surface area (Å²) in [7, 11) is 0. The minimum atomic E-state index is -0.658. The molecule has 0 aromatic carbocycles. The van der Waals surface area contributed by atoms with Gasteiger partial charge in [-0.2, -0.15) is 0 Å². The minimum Gasteiger partial charge on any atom is -0.481 e. The van der Waals surface area contributed by atoms with Gasteiger partial charge in [0.05, 0.1) is 5.92 Å². The molecule has 0 bridgehead atoms. The summed E-state index contributed by atoms with van der Waals surface area (Å²) < 4.78 is 0. The number of carboxylic acid groups (broad SMARTS) is 1. The van der Waals surface area contributed by atoms with Crippen molar-refractivity contribution in [2.24, 2.45) is 5.92 Å². The maximum absolute atomic E-state index is 10.6. The molecule has 0 aliphatic heterocycles. The Morgan fingerprint density at radius 2 is 1.40 bits per heavy atom. The summed E-state index contributed by atoms with van der Waals surface area (Å²) >= 11 is 0. The van der Waals surface area contributed by atoms with E-state index in [4.69, 9.17) is 5.11 Å². The third kappa shape index (κ3) is 13.6. The first-order valence-electron chi connectivity index (χ1n) is 8.56. The van der Waals surface area contributed by atoms with Crippen LogP contribution in [0.2, 0.25) is 0 Å². The summed E-state index contributed by atoms with van der Waals surface area (Å²) in [5.74, 6) is -0.834. The fraction of sp³-hybridized carbons (Fsp3) is 0.833. The van der Waals surface area contributed by atoms with Crippen LogP contribution in [0.25, 0.3) is 0 Å². The van der Waals surface area contributed by atoms with Crippen molar-refractivity contribution in [3.8, 4) is 0 Å². The van der Waals surface area contributed by atoms with Crippen LogP contribution in [0.15, 0.2) is 12.2 Å². The van der Waals surface area contributed by atoms with Gasteiger partial charge in [-0.25, -0.2) is 0 Å². The molecule has 2 heteroatoms. The topological polar surface area (TPSA) is 37.3 Å². The van der Waals surface area contributed by atoms with Crippen molar-refractivity contribution in [3.05, 3.63) is 12.2 Å². The van der Waals surface area contributed by atoms with Gasteiger partial charge >= 0.3 is 5.97 Å². The highest BCUT2D eigenvalue weighted by Crippen LogP contribution is 2.12. The van der Waals surface area contributed by atoms with E-state index in [0.29, 0.717) is 0 Å². The van der Waals surface area contributed by atoms with E-state index in [-0.39, 0.29) is 5.92 Å². The van der Waals surface area contributed by atoms with Gasteiger partial charge in [0.15, 0.2) is 0 Å². The molecule has 0 fully saturated rings. The lowest BCUT2D eigenvalue weighted by atomic mass is 10.0. The van der Waals surface area contributed by atoms with E-state index in [9.17, 15) is 4.79 Å². The Balaban J connectivity index is 3.16. The van der Waals surface area contributed by atoms with Gasteiger partial charge < -0.3 is 5.11 Å². The van der Waals surface area contributed by atoms with Gasteiger partial charge in [0, 0.05) is 0 Å². The standard InChI is InChI=1S/C18H34O2/c1-3-4-5-6-7-8-9-10-11-12-13-14-15-16-17(2)18(19)20/h8-9,17H,3-7,10-16H2,1-2H3,(H,19,20)/b9-8-. The number of allylic oxidation sites excluding steroid dienone is 2. The maximum atomic E-state index is 10.6. The van der Waals surface area contributed by atoms with Crippen molar-refractivity contribution in [3.63, 3.8) is 0 Å². The lowest BCUT2D eigenvalue weighted by Gasteiger charge is -2.05. The molecule has 1 unspecified atom stereocenters. The zero-order valence-corrected chi connectivity index (χ0v) is 13.6. The minimum absolute atomic E-state index is 0.175. The Morgan fingerprint density at radius 1 is 0.900 bits per heavy atom. The zero-order valence-electron chi connectivity index (χ0n) is 13.6. The normalized spacial score (nSPS) is 12.9. The molecule has 0 saturated heterocycles. The second-order valence-electron chi connectivity index (χ2n) is 5.91. The van der Waals surface area contributed by atoms with Crippen LogP contribution >= 0.6 is 0 Å². The van der Waals surface area contributed by atoms with Crippen molar-refractivity contribution >= 4 is 5.97 Å². The zero-order chi connectivity index (χ0) is 15.1. The highest BCUT2D eigenvalue weighted by atomic mass is 16.4. The molecule has 0 aliphatic rings. The van der Waals surface area contributed by atoms with E-state index in [1.54, 1.807) is 6.92 Å². The molecule has 118 valence electrons. The van der Waals surface area contributed by atoms with E-state index in [2.05, 4.69) is 19.1 Å². The van der Waals surface area contributed by atoms with Crippen LogP contribution in [0.3, 0.4) is 0 Å². The Morgan fingerprint density at radius 3 is 1.95 bits per heavy atom. The molecule has 1 N–H and O–H groups in total. The van der Waals surface area contributed by atoms with Crippen molar-refractivity contribution < 1.29 is 9.90 Å². The SMILES string of the molecule is CCCCCC/C=C\CCCCCCCC(C)C(=O)O. The molecule has 0 aliphatic carbocycles. The fourth-order valence-corrected chi connectivity index (χ4v) is 2.29. The van der Waals surface area contributed by atoms with Crippen molar-refractivity contribution in [2.75, 3.05) is 0 Å². The number of unbranched alkanes of at least 4 members (excludes halogenated alkanes) is 9. The number of carbonyl (C=O) groups is 1. The smallest absolute Gasteiger partial charge is 0.306 e. The van der Waals surface area contributed by atoms with Crippen molar-refractivity contribution in [1.29, 1.82) is 0 Å². The summed E-state index contributed by atoms with van der Waals surface area (Å²) in [5, 5.41) is 8.77. The van der Waals surface area contributed by atoms with Gasteiger partial charge in [0.2, 0.25) is 0 Å². The molecule has 0 heterocycles. The summed E-state index contributed by atoms with van der Waals surface area (Å²) in [6.45, 7) is 4.05. The van der Waals surface area contributed by atoms with Gasteiger partial charge in [-0.3, -0.25) is 4.79 Å². The van der Waals surface area contributed by atoms with Crippen LogP contribution in [0, 0.1) is 5.92 Å². The van der Waals surface area contributed by atoms with Gasteiger partial charge in [-0.1, -0.05) is 70.9 Å². The van der Waals surface area contributed by atoms with Gasteiger partial charge in [0.1, 0.15) is 0 Å². The highest BCUT2D eigenvalue weighted by molar-refractivity contribution is 5.69. The predicted molar refractivity (Wildman–Crippen MR) is 87.0 cm³/mol. The first kappa shape index (κ1) is 19.2. The molecule has 0 radical (unpaired) electrons. The number of carboxylic acids is 1. The van der Waals surface area contributed by atoms with Crippen LogP contribution in [0.5, 0.6) is 0 Å². The molecular formula is C18H34O2. The summed E-state index contributed by atoms with van der Waals surface area (Å²) in [6.07, 6.45) is 19.4. The number of rotatable bonds is 14. The average molecular weight is 282 g/mol. The predicted octanol–water partition coefficient (Wildman–Crippen LogP) is 5.96. The third-order valence-electron chi connectivity index (χ3n) is 3.82.